The van der Waals surface area contributed by atoms with Crippen molar-refractivity contribution in [3.63, 3.8) is 0 Å². The Balaban J connectivity index is 1.73. The van der Waals surface area contributed by atoms with Crippen molar-refractivity contribution in [1.29, 1.82) is 0 Å². The summed E-state index contributed by atoms with van der Waals surface area (Å²) in [6.07, 6.45) is 3.84. The second-order valence-electron chi connectivity index (χ2n) is 7.31. The minimum absolute atomic E-state index is 0.0546. The summed E-state index contributed by atoms with van der Waals surface area (Å²) < 4.78 is 52.8. The molecule has 0 fully saturated rings. The monoisotopic (exact) mass is 489 g/mol. The van der Waals surface area contributed by atoms with E-state index in [1.807, 2.05) is 13.0 Å². The summed E-state index contributed by atoms with van der Waals surface area (Å²) in [6.45, 7) is 3.22. The number of aromatic nitrogens is 2. The van der Waals surface area contributed by atoms with E-state index >= 15 is 0 Å². The number of nitrogens with zero attached hydrogens (tertiary/aromatic N) is 3. The van der Waals surface area contributed by atoms with Crippen LogP contribution in [-0.4, -0.2) is 45.5 Å². The molecule has 2 N–H and O–H groups in total. The van der Waals surface area contributed by atoms with Gasteiger partial charge in [0.2, 0.25) is 21.9 Å². The Kier molecular flexibility index (Phi) is 6.98. The van der Waals surface area contributed by atoms with Crippen molar-refractivity contribution in [1.82, 2.24) is 9.97 Å². The van der Waals surface area contributed by atoms with Crippen LogP contribution < -0.4 is 14.3 Å². The number of carbonyl (C=O) groups excluding carboxylic acids is 1. The topological polar surface area (TPSA) is 138 Å². The Bertz CT molecular complexity index is 1360. The Labute approximate surface area is 192 Å². The molecule has 12 heteroatoms. The smallest absolute Gasteiger partial charge is 0.264 e. The lowest BCUT2D eigenvalue weighted by molar-refractivity contribution is -0.114. The number of aryl methyl sites for hydroxylation is 2. The summed E-state index contributed by atoms with van der Waals surface area (Å²) in [6, 6.07) is 12.2. The van der Waals surface area contributed by atoms with E-state index in [-0.39, 0.29) is 10.8 Å². The van der Waals surface area contributed by atoms with E-state index < -0.39 is 32.5 Å². The number of hydrogen-bond acceptors (Lipinski definition) is 7. The number of rotatable bonds is 8. The molecule has 3 rings (SSSR count). The zero-order valence-corrected chi connectivity index (χ0v) is 19.8. The van der Waals surface area contributed by atoms with Crippen LogP contribution in [0.5, 0.6) is 0 Å². The molecule has 10 nitrogen and oxygen atoms in total. The van der Waals surface area contributed by atoms with Crippen molar-refractivity contribution in [2.45, 2.75) is 18.7 Å². The van der Waals surface area contributed by atoms with Crippen LogP contribution in [0, 0.1) is 13.8 Å². The largest absolute Gasteiger partial charge is 0.325 e. The highest BCUT2D eigenvalue weighted by molar-refractivity contribution is 7.92. The standard InChI is InChI=1S/C21H23N5O5S2/c1-15-5-10-19(16(2)13-15)26(32(3,28)29)14-20(27)24-17-6-8-18(9-7-17)33(30,31)25-21-22-11-4-12-23-21/h4-13H,14H2,1-3H3,(H,24,27)(H,22,23,25). The molecular formula is C21H23N5O5S2. The molecule has 0 atom stereocenters. The number of carbonyl (C=O) groups is 1. The predicted molar refractivity (Wildman–Crippen MR) is 126 cm³/mol. The first-order valence-corrected chi connectivity index (χ1v) is 13.0. The molecule has 33 heavy (non-hydrogen) atoms. The van der Waals surface area contributed by atoms with Crippen LogP contribution in [0.2, 0.25) is 0 Å². The molecule has 0 spiro atoms. The highest BCUT2D eigenvalue weighted by atomic mass is 32.2. The Morgan fingerprint density at radius 1 is 0.970 bits per heavy atom. The molecule has 0 radical (unpaired) electrons. The van der Waals surface area contributed by atoms with Crippen LogP contribution in [0.1, 0.15) is 11.1 Å². The number of hydrogen-bond donors (Lipinski definition) is 2. The fourth-order valence-corrected chi connectivity index (χ4v) is 4.92. The molecule has 0 bridgehead atoms. The first-order chi connectivity index (χ1) is 15.5. The third kappa shape index (κ3) is 6.26. The van der Waals surface area contributed by atoms with Gasteiger partial charge >= 0.3 is 0 Å². The lowest BCUT2D eigenvalue weighted by Crippen LogP contribution is -2.37. The van der Waals surface area contributed by atoms with Gasteiger partial charge in [0.05, 0.1) is 16.8 Å². The van der Waals surface area contributed by atoms with Gasteiger partial charge in [-0.2, -0.15) is 0 Å². The molecule has 0 aliphatic carbocycles. The first kappa shape index (κ1) is 24.1. The normalized spacial score (nSPS) is 11.6. The molecule has 2 aromatic carbocycles. The highest BCUT2D eigenvalue weighted by Gasteiger charge is 2.23. The number of amides is 1. The zero-order chi connectivity index (χ0) is 24.2. The van der Waals surface area contributed by atoms with Crippen LogP contribution >= 0.6 is 0 Å². The minimum Gasteiger partial charge on any atom is -0.325 e. The van der Waals surface area contributed by atoms with Crippen molar-refractivity contribution in [2.75, 3.05) is 27.1 Å². The van der Waals surface area contributed by atoms with Crippen LogP contribution in [0.4, 0.5) is 17.3 Å². The van der Waals surface area contributed by atoms with Crippen LogP contribution in [0.15, 0.2) is 65.8 Å². The molecule has 1 heterocycles. The molecule has 0 aliphatic heterocycles. The van der Waals surface area contributed by atoms with Crippen molar-refractivity contribution < 1.29 is 21.6 Å². The van der Waals surface area contributed by atoms with Gasteiger partial charge < -0.3 is 5.32 Å². The summed E-state index contributed by atoms with van der Waals surface area (Å²) in [5.41, 5.74) is 2.41. The van der Waals surface area contributed by atoms with E-state index in [1.54, 1.807) is 25.1 Å². The molecular weight excluding hydrogens is 466 g/mol. The molecule has 0 unspecified atom stereocenters. The maximum Gasteiger partial charge on any atom is 0.264 e. The van der Waals surface area contributed by atoms with Crippen LogP contribution in [-0.2, 0) is 24.8 Å². The minimum atomic E-state index is -3.92. The number of anilines is 3. The van der Waals surface area contributed by atoms with Gasteiger partial charge in [-0.25, -0.2) is 31.5 Å². The third-order valence-corrected chi connectivity index (χ3v) is 7.02. The fourth-order valence-electron chi connectivity index (χ4n) is 3.05. The third-order valence-electron chi connectivity index (χ3n) is 4.55. The molecule has 1 aromatic heterocycles. The SMILES string of the molecule is Cc1ccc(N(CC(=O)Nc2ccc(S(=O)(=O)Nc3ncccn3)cc2)S(C)(=O)=O)c(C)c1. The first-order valence-electron chi connectivity index (χ1n) is 9.70. The Morgan fingerprint density at radius 2 is 1.61 bits per heavy atom. The number of benzene rings is 2. The van der Waals surface area contributed by atoms with Gasteiger partial charge in [-0.1, -0.05) is 17.7 Å². The summed E-state index contributed by atoms with van der Waals surface area (Å²) >= 11 is 0. The van der Waals surface area contributed by atoms with Crippen molar-refractivity contribution in [2.24, 2.45) is 0 Å². The second-order valence-corrected chi connectivity index (χ2v) is 10.9. The van der Waals surface area contributed by atoms with Gasteiger partial charge in [0.15, 0.2) is 0 Å². The molecule has 1 amide bonds. The average molecular weight is 490 g/mol. The van der Waals surface area contributed by atoms with E-state index in [0.717, 1.165) is 21.7 Å². The van der Waals surface area contributed by atoms with Crippen molar-refractivity contribution >= 4 is 43.3 Å². The number of sulfonamides is 2. The van der Waals surface area contributed by atoms with Gasteiger partial charge in [-0.05, 0) is 55.8 Å². The Morgan fingerprint density at radius 3 is 2.18 bits per heavy atom. The van der Waals surface area contributed by atoms with E-state index in [4.69, 9.17) is 0 Å². The summed E-state index contributed by atoms with van der Waals surface area (Å²) in [5.74, 6) is -0.644. The molecule has 0 aliphatic rings. The van der Waals surface area contributed by atoms with Gasteiger partial charge in [0, 0.05) is 18.1 Å². The lowest BCUT2D eigenvalue weighted by Gasteiger charge is -2.24. The molecule has 3 aromatic rings. The van der Waals surface area contributed by atoms with Gasteiger partial charge in [0.1, 0.15) is 6.54 Å². The van der Waals surface area contributed by atoms with Gasteiger partial charge in [-0.15, -0.1) is 0 Å². The molecule has 0 saturated heterocycles. The maximum atomic E-state index is 12.6. The number of nitrogens with one attached hydrogen (secondary N) is 2. The fraction of sp³-hybridized carbons (Fsp3) is 0.190. The summed E-state index contributed by atoms with van der Waals surface area (Å²) in [7, 11) is -7.64. The maximum absolute atomic E-state index is 12.6. The van der Waals surface area contributed by atoms with Crippen molar-refractivity contribution in [3.8, 4) is 0 Å². The van der Waals surface area contributed by atoms with Gasteiger partial charge in [0.25, 0.3) is 10.0 Å². The van der Waals surface area contributed by atoms with Gasteiger partial charge in [-0.3, -0.25) is 9.10 Å². The second kappa shape index (κ2) is 9.55. The van der Waals surface area contributed by atoms with Crippen molar-refractivity contribution in [3.05, 3.63) is 72.1 Å². The molecule has 174 valence electrons. The van der Waals surface area contributed by atoms with E-state index in [0.29, 0.717) is 11.4 Å². The van der Waals surface area contributed by atoms with Crippen LogP contribution in [0.3, 0.4) is 0 Å². The zero-order valence-electron chi connectivity index (χ0n) is 18.2. The average Bonchev–Trinajstić information content (AvgIpc) is 2.72. The van der Waals surface area contributed by atoms with Crippen LogP contribution in [0.25, 0.3) is 0 Å². The quantitative estimate of drug-likeness (QED) is 0.495. The van der Waals surface area contributed by atoms with E-state index in [2.05, 4.69) is 20.0 Å². The summed E-state index contributed by atoms with van der Waals surface area (Å²) in [4.78, 5) is 20.2. The lowest BCUT2D eigenvalue weighted by atomic mass is 10.1. The van der Waals surface area contributed by atoms with E-state index in [1.165, 1.54) is 36.7 Å². The predicted octanol–water partition coefficient (Wildman–Crippen LogP) is 2.30. The highest BCUT2D eigenvalue weighted by Crippen LogP contribution is 2.24. The summed E-state index contributed by atoms with van der Waals surface area (Å²) in [5, 5.41) is 2.59. The Hall–Kier alpha value is -3.51. The van der Waals surface area contributed by atoms with E-state index in [9.17, 15) is 21.6 Å². The molecule has 0 saturated carbocycles.